The monoisotopic (exact) mass is 222 g/mol. The second-order valence-corrected chi connectivity index (χ2v) is 7.21. The van der Waals surface area contributed by atoms with E-state index in [9.17, 15) is 0 Å². The van der Waals surface area contributed by atoms with Gasteiger partial charge in [-0.2, -0.15) is 0 Å². The number of rotatable bonds is 0. The third kappa shape index (κ3) is 1.16. The van der Waals surface area contributed by atoms with E-state index in [1.54, 1.807) is 0 Å². The molecule has 92 valence electrons. The van der Waals surface area contributed by atoms with Crippen LogP contribution in [0.15, 0.2) is 0 Å². The van der Waals surface area contributed by atoms with Crippen molar-refractivity contribution in [3.8, 4) is 0 Å². The summed E-state index contributed by atoms with van der Waals surface area (Å²) in [5.74, 6) is 1.64. The third-order valence-electron chi connectivity index (χ3n) is 6.64. The summed E-state index contributed by atoms with van der Waals surface area (Å²) >= 11 is 0. The Kier molecular flexibility index (Phi) is 2.25. The molecule has 3 rings (SSSR count). The minimum atomic E-state index is 0.450. The van der Waals surface area contributed by atoms with E-state index < -0.39 is 0 Å². The Hall–Kier alpha value is -0.0400. The van der Waals surface area contributed by atoms with Crippen LogP contribution in [-0.4, -0.2) is 12.2 Å². The molecule has 0 N–H and O–H groups in total. The maximum absolute atomic E-state index is 6.43. The van der Waals surface area contributed by atoms with Gasteiger partial charge in [-0.15, -0.1) is 0 Å². The van der Waals surface area contributed by atoms with Crippen LogP contribution in [-0.2, 0) is 4.74 Å². The van der Waals surface area contributed by atoms with Gasteiger partial charge in [0, 0.05) is 0 Å². The Balaban J connectivity index is 1.98. The van der Waals surface area contributed by atoms with Crippen molar-refractivity contribution in [3.05, 3.63) is 0 Å². The van der Waals surface area contributed by atoms with Gasteiger partial charge in [0.05, 0.1) is 12.2 Å². The molecule has 0 radical (unpaired) electrons. The highest BCUT2D eigenvalue weighted by Gasteiger charge is 2.62. The first-order chi connectivity index (χ1) is 7.47. The lowest BCUT2D eigenvalue weighted by molar-refractivity contribution is -0.210. The molecule has 1 heterocycles. The average Bonchev–Trinajstić information content (AvgIpc) is 2.46. The Labute approximate surface area is 99.9 Å². The van der Waals surface area contributed by atoms with E-state index in [1.165, 1.54) is 32.1 Å². The van der Waals surface area contributed by atoms with Crippen molar-refractivity contribution < 1.29 is 4.74 Å². The number of hydrogen-bond acceptors (Lipinski definition) is 1. The summed E-state index contributed by atoms with van der Waals surface area (Å²) in [5, 5.41) is 0. The van der Waals surface area contributed by atoms with E-state index in [1.807, 2.05) is 0 Å². The van der Waals surface area contributed by atoms with Crippen LogP contribution in [0.3, 0.4) is 0 Å². The van der Waals surface area contributed by atoms with Crippen LogP contribution in [0.25, 0.3) is 0 Å². The summed E-state index contributed by atoms with van der Waals surface area (Å²) in [4.78, 5) is 0. The highest BCUT2D eigenvalue weighted by atomic mass is 16.5. The zero-order valence-electron chi connectivity index (χ0n) is 11.3. The first-order valence-corrected chi connectivity index (χ1v) is 7.13. The maximum Gasteiger partial charge on any atom is 0.0640 e. The Morgan fingerprint density at radius 2 is 1.69 bits per heavy atom. The fourth-order valence-corrected chi connectivity index (χ4v) is 4.84. The van der Waals surface area contributed by atoms with Gasteiger partial charge in [-0.3, -0.25) is 0 Å². The first kappa shape index (κ1) is 11.1. The highest BCUT2D eigenvalue weighted by molar-refractivity contribution is 5.10. The van der Waals surface area contributed by atoms with Crippen LogP contribution >= 0.6 is 0 Å². The summed E-state index contributed by atoms with van der Waals surface area (Å²) in [6.07, 6.45) is 7.89. The molecule has 1 heteroatoms. The molecule has 3 aliphatic rings. The summed E-state index contributed by atoms with van der Waals surface area (Å²) < 4.78 is 6.43. The lowest BCUT2D eigenvalue weighted by Crippen LogP contribution is -2.57. The molecule has 0 aromatic carbocycles. The molecule has 0 amide bonds. The molecule has 1 nitrogen and oxygen atoms in total. The molecule has 0 aromatic rings. The van der Waals surface area contributed by atoms with Gasteiger partial charge in [0.1, 0.15) is 0 Å². The normalized spacial score (nSPS) is 60.8. The molecule has 3 fully saturated rings. The van der Waals surface area contributed by atoms with Gasteiger partial charge in [0.2, 0.25) is 0 Å². The minimum Gasteiger partial charge on any atom is -0.374 e. The molecular weight excluding hydrogens is 196 g/mol. The molecule has 1 aliphatic heterocycles. The summed E-state index contributed by atoms with van der Waals surface area (Å²) in [6.45, 7) is 9.88. The SMILES string of the molecule is CC1CC[C@@]2(C)[C@@H](C1)O[C@@H]1CC[C@@]2(C)[C@@H]1C. The van der Waals surface area contributed by atoms with Gasteiger partial charge in [-0.05, 0) is 54.8 Å². The van der Waals surface area contributed by atoms with Crippen molar-refractivity contribution in [3.63, 3.8) is 0 Å². The highest BCUT2D eigenvalue weighted by Crippen LogP contribution is 2.65. The molecular formula is C15H26O. The molecule has 16 heavy (non-hydrogen) atoms. The van der Waals surface area contributed by atoms with Crippen LogP contribution in [0.4, 0.5) is 0 Å². The van der Waals surface area contributed by atoms with Crippen LogP contribution < -0.4 is 0 Å². The molecule has 2 aliphatic carbocycles. The predicted molar refractivity (Wildman–Crippen MR) is 66.3 cm³/mol. The van der Waals surface area contributed by atoms with E-state index in [0.29, 0.717) is 23.0 Å². The van der Waals surface area contributed by atoms with Gasteiger partial charge in [0.15, 0.2) is 0 Å². The van der Waals surface area contributed by atoms with Crippen molar-refractivity contribution in [2.75, 3.05) is 0 Å². The van der Waals surface area contributed by atoms with Crippen LogP contribution in [0.5, 0.6) is 0 Å². The summed E-state index contributed by atoms with van der Waals surface area (Å²) in [7, 11) is 0. The number of fused-ring (bicyclic) bond motifs is 4. The van der Waals surface area contributed by atoms with Crippen molar-refractivity contribution in [1.29, 1.82) is 0 Å². The van der Waals surface area contributed by atoms with E-state index in [-0.39, 0.29) is 0 Å². The molecule has 0 spiro atoms. The maximum atomic E-state index is 6.43. The van der Waals surface area contributed by atoms with E-state index in [2.05, 4.69) is 27.7 Å². The van der Waals surface area contributed by atoms with E-state index >= 15 is 0 Å². The molecule has 0 aromatic heterocycles. The van der Waals surface area contributed by atoms with Crippen molar-refractivity contribution in [2.24, 2.45) is 22.7 Å². The lowest BCUT2D eigenvalue weighted by atomic mass is 9.52. The topological polar surface area (TPSA) is 9.23 Å². The quantitative estimate of drug-likeness (QED) is 0.601. The zero-order valence-corrected chi connectivity index (χ0v) is 11.3. The lowest BCUT2D eigenvalue weighted by Gasteiger charge is -2.58. The van der Waals surface area contributed by atoms with Gasteiger partial charge >= 0.3 is 0 Å². The number of ether oxygens (including phenoxy) is 1. The van der Waals surface area contributed by atoms with Gasteiger partial charge in [-0.25, -0.2) is 0 Å². The second kappa shape index (κ2) is 3.25. The van der Waals surface area contributed by atoms with Gasteiger partial charge in [-0.1, -0.05) is 27.7 Å². The number of hydrogen-bond donors (Lipinski definition) is 0. The molecule has 6 atom stereocenters. The van der Waals surface area contributed by atoms with Gasteiger partial charge in [0.25, 0.3) is 0 Å². The van der Waals surface area contributed by atoms with E-state index in [0.717, 1.165) is 11.8 Å². The Morgan fingerprint density at radius 3 is 2.44 bits per heavy atom. The smallest absolute Gasteiger partial charge is 0.0640 e. The van der Waals surface area contributed by atoms with Crippen LogP contribution in [0.2, 0.25) is 0 Å². The second-order valence-electron chi connectivity index (χ2n) is 7.21. The Bertz CT molecular complexity index is 300. The van der Waals surface area contributed by atoms with Crippen molar-refractivity contribution in [2.45, 2.75) is 72.0 Å². The molecule has 1 saturated heterocycles. The summed E-state index contributed by atoms with van der Waals surface area (Å²) in [5.41, 5.74) is 0.993. The minimum absolute atomic E-state index is 0.450. The first-order valence-electron chi connectivity index (χ1n) is 7.13. The van der Waals surface area contributed by atoms with Gasteiger partial charge < -0.3 is 4.74 Å². The predicted octanol–water partition coefficient (Wildman–Crippen LogP) is 4.02. The van der Waals surface area contributed by atoms with Crippen LogP contribution in [0.1, 0.15) is 59.8 Å². The standard InChI is InChI=1S/C15H26O/c1-10-5-7-15(4)13(9-10)16-12-6-8-14(15,3)11(12)2/h10-13H,5-9H2,1-4H3/t10?,11-,12-,13-,14+,15+/m1/s1. The van der Waals surface area contributed by atoms with E-state index in [4.69, 9.17) is 4.74 Å². The molecule has 1 unspecified atom stereocenters. The van der Waals surface area contributed by atoms with Crippen molar-refractivity contribution in [1.82, 2.24) is 0 Å². The van der Waals surface area contributed by atoms with Crippen molar-refractivity contribution >= 4 is 0 Å². The Morgan fingerprint density at radius 1 is 1.00 bits per heavy atom. The largest absolute Gasteiger partial charge is 0.374 e. The third-order valence-corrected chi connectivity index (χ3v) is 6.64. The molecule has 2 saturated carbocycles. The summed E-state index contributed by atoms with van der Waals surface area (Å²) in [6, 6.07) is 0. The zero-order chi connectivity index (χ0) is 11.6. The average molecular weight is 222 g/mol. The fraction of sp³-hybridized carbons (Fsp3) is 1.00. The van der Waals surface area contributed by atoms with Crippen LogP contribution in [0, 0.1) is 22.7 Å². The fourth-order valence-electron chi connectivity index (χ4n) is 4.84. The molecule has 2 bridgehead atoms.